The van der Waals surface area contributed by atoms with Gasteiger partial charge in [-0.05, 0) is 49.3 Å². The molecule has 1 fully saturated rings. The first-order valence-electron chi connectivity index (χ1n) is 9.38. The molecule has 0 saturated heterocycles. The van der Waals surface area contributed by atoms with E-state index in [9.17, 15) is 4.79 Å². The normalized spacial score (nSPS) is 20.6. The summed E-state index contributed by atoms with van der Waals surface area (Å²) in [4.78, 5) is 15.9. The summed E-state index contributed by atoms with van der Waals surface area (Å²) in [6, 6.07) is 8.98. The Morgan fingerprint density at radius 2 is 1.88 bits per heavy atom. The zero-order valence-corrected chi connectivity index (χ0v) is 15.3. The lowest BCUT2D eigenvalue weighted by atomic mass is 9.91. The molecule has 1 aromatic carbocycles. The van der Waals surface area contributed by atoms with Crippen molar-refractivity contribution in [1.29, 1.82) is 0 Å². The number of hydrogen-bond donors (Lipinski definition) is 2. The Morgan fingerprint density at radius 1 is 1.15 bits per heavy atom. The average Bonchev–Trinajstić information content (AvgIpc) is 3.31. The molecule has 1 aliphatic rings. The number of benzene rings is 1. The minimum Gasteiger partial charge on any atom is -0.351 e. The van der Waals surface area contributed by atoms with Gasteiger partial charge in [0.1, 0.15) is 18.3 Å². The molecule has 26 heavy (non-hydrogen) atoms. The maximum atomic E-state index is 12.6. The van der Waals surface area contributed by atoms with Crippen LogP contribution >= 0.6 is 0 Å². The van der Waals surface area contributed by atoms with Gasteiger partial charge in [-0.15, -0.1) is 10.2 Å². The number of H-pyrrole nitrogens is 1. The zero-order valence-electron chi connectivity index (χ0n) is 15.3. The van der Waals surface area contributed by atoms with Crippen LogP contribution in [0.4, 0.5) is 0 Å². The Kier molecular flexibility index (Phi) is 4.49. The van der Waals surface area contributed by atoms with Crippen LogP contribution in [-0.2, 0) is 0 Å². The molecule has 0 aliphatic heterocycles. The minimum atomic E-state index is -0.0138. The standard InChI is InChI=1S/C20H25N5O/c1-13(2)14-3-4-15-10-19(24-18(15)9-14)20(26)23-16-5-7-17(8-6-16)25-11-21-22-12-25/h3-4,9-13,16-17,24H,5-8H2,1-2H3,(H,23,26). The van der Waals surface area contributed by atoms with Gasteiger partial charge in [0.2, 0.25) is 0 Å². The van der Waals surface area contributed by atoms with E-state index < -0.39 is 0 Å². The van der Waals surface area contributed by atoms with Crippen molar-refractivity contribution in [2.75, 3.05) is 0 Å². The molecule has 3 aromatic rings. The van der Waals surface area contributed by atoms with E-state index in [0.717, 1.165) is 36.6 Å². The van der Waals surface area contributed by atoms with Crippen LogP contribution in [0, 0.1) is 0 Å². The highest BCUT2D eigenvalue weighted by Crippen LogP contribution is 2.28. The molecule has 6 nitrogen and oxygen atoms in total. The number of hydrogen-bond acceptors (Lipinski definition) is 3. The monoisotopic (exact) mass is 351 g/mol. The first kappa shape index (κ1) is 16.8. The maximum Gasteiger partial charge on any atom is 0.267 e. The van der Waals surface area contributed by atoms with Gasteiger partial charge < -0.3 is 14.9 Å². The Labute approximate surface area is 153 Å². The number of nitrogens with zero attached hydrogens (tertiary/aromatic N) is 3. The van der Waals surface area contributed by atoms with Gasteiger partial charge in [0, 0.05) is 23.0 Å². The molecule has 0 spiro atoms. The molecule has 4 rings (SSSR count). The highest BCUT2D eigenvalue weighted by atomic mass is 16.1. The van der Waals surface area contributed by atoms with Gasteiger partial charge in [0.25, 0.3) is 5.91 Å². The number of carbonyl (C=O) groups is 1. The predicted molar refractivity (Wildman–Crippen MR) is 101 cm³/mol. The molecule has 0 radical (unpaired) electrons. The van der Waals surface area contributed by atoms with Gasteiger partial charge in [-0.2, -0.15) is 0 Å². The SMILES string of the molecule is CC(C)c1ccc2cc(C(=O)NC3CCC(n4cnnc4)CC3)[nH]c2c1. The van der Waals surface area contributed by atoms with Crippen molar-refractivity contribution in [2.45, 2.75) is 57.5 Å². The van der Waals surface area contributed by atoms with Gasteiger partial charge in [0.05, 0.1) is 0 Å². The summed E-state index contributed by atoms with van der Waals surface area (Å²) in [5.41, 5.74) is 2.94. The quantitative estimate of drug-likeness (QED) is 0.751. The van der Waals surface area contributed by atoms with E-state index in [1.807, 2.05) is 6.07 Å². The van der Waals surface area contributed by atoms with Crippen LogP contribution in [0.25, 0.3) is 10.9 Å². The molecular weight excluding hydrogens is 326 g/mol. The van der Waals surface area contributed by atoms with Crippen molar-refractivity contribution in [3.8, 4) is 0 Å². The van der Waals surface area contributed by atoms with Crippen LogP contribution in [0.1, 0.15) is 67.5 Å². The van der Waals surface area contributed by atoms with Gasteiger partial charge in [-0.25, -0.2) is 0 Å². The van der Waals surface area contributed by atoms with Crippen LogP contribution in [0.15, 0.2) is 36.9 Å². The molecule has 136 valence electrons. The lowest BCUT2D eigenvalue weighted by molar-refractivity contribution is 0.0918. The predicted octanol–water partition coefficient (Wildman–Crippen LogP) is 3.80. The minimum absolute atomic E-state index is 0.0138. The fourth-order valence-electron chi connectivity index (χ4n) is 3.80. The largest absolute Gasteiger partial charge is 0.351 e. The van der Waals surface area contributed by atoms with E-state index in [0.29, 0.717) is 17.7 Å². The molecule has 2 N–H and O–H groups in total. The van der Waals surface area contributed by atoms with Crippen LogP contribution in [-0.4, -0.2) is 31.7 Å². The van der Waals surface area contributed by atoms with Crippen LogP contribution in [0.3, 0.4) is 0 Å². The molecule has 1 saturated carbocycles. The molecule has 2 aromatic heterocycles. The molecule has 1 amide bonds. The zero-order chi connectivity index (χ0) is 18.1. The molecule has 0 bridgehead atoms. The lowest BCUT2D eigenvalue weighted by Crippen LogP contribution is -2.38. The molecule has 0 atom stereocenters. The fourth-order valence-corrected chi connectivity index (χ4v) is 3.80. The Balaban J connectivity index is 1.40. The van der Waals surface area contributed by atoms with E-state index in [1.54, 1.807) is 12.7 Å². The summed E-state index contributed by atoms with van der Waals surface area (Å²) >= 11 is 0. The molecular formula is C20H25N5O. The average molecular weight is 351 g/mol. The van der Waals surface area contributed by atoms with Crippen molar-refractivity contribution in [3.05, 3.63) is 48.2 Å². The number of rotatable bonds is 4. The second kappa shape index (κ2) is 6.94. The van der Waals surface area contributed by atoms with Crippen molar-refractivity contribution in [2.24, 2.45) is 0 Å². The summed E-state index contributed by atoms with van der Waals surface area (Å²) in [6.07, 6.45) is 7.58. The first-order chi connectivity index (χ1) is 12.6. The summed E-state index contributed by atoms with van der Waals surface area (Å²) in [7, 11) is 0. The second-order valence-electron chi connectivity index (χ2n) is 7.57. The number of aromatic amines is 1. The summed E-state index contributed by atoms with van der Waals surface area (Å²) in [6.45, 7) is 4.35. The smallest absolute Gasteiger partial charge is 0.267 e. The van der Waals surface area contributed by atoms with Crippen molar-refractivity contribution < 1.29 is 4.79 Å². The number of nitrogens with one attached hydrogen (secondary N) is 2. The third kappa shape index (κ3) is 3.36. The highest BCUT2D eigenvalue weighted by Gasteiger charge is 2.24. The van der Waals surface area contributed by atoms with E-state index >= 15 is 0 Å². The Bertz CT molecular complexity index is 888. The van der Waals surface area contributed by atoms with E-state index in [1.165, 1.54) is 5.56 Å². The summed E-state index contributed by atoms with van der Waals surface area (Å²) < 4.78 is 2.07. The molecule has 6 heteroatoms. The van der Waals surface area contributed by atoms with E-state index in [-0.39, 0.29) is 11.9 Å². The molecule has 1 aliphatic carbocycles. The summed E-state index contributed by atoms with van der Waals surface area (Å²) in [5, 5.41) is 12.0. The van der Waals surface area contributed by atoms with E-state index in [2.05, 4.69) is 57.1 Å². The Hall–Kier alpha value is -2.63. The van der Waals surface area contributed by atoms with Crippen molar-refractivity contribution in [3.63, 3.8) is 0 Å². The van der Waals surface area contributed by atoms with Crippen LogP contribution < -0.4 is 5.32 Å². The highest BCUT2D eigenvalue weighted by molar-refractivity contribution is 5.98. The summed E-state index contributed by atoms with van der Waals surface area (Å²) in [5.74, 6) is 0.459. The van der Waals surface area contributed by atoms with Gasteiger partial charge >= 0.3 is 0 Å². The number of amides is 1. The van der Waals surface area contributed by atoms with Crippen molar-refractivity contribution in [1.82, 2.24) is 25.1 Å². The third-order valence-corrected chi connectivity index (χ3v) is 5.45. The topological polar surface area (TPSA) is 75.6 Å². The fraction of sp³-hybridized carbons (Fsp3) is 0.450. The number of carbonyl (C=O) groups excluding carboxylic acids is 1. The molecule has 0 unspecified atom stereocenters. The first-order valence-corrected chi connectivity index (χ1v) is 9.38. The second-order valence-corrected chi connectivity index (χ2v) is 7.57. The number of aromatic nitrogens is 4. The van der Waals surface area contributed by atoms with Crippen molar-refractivity contribution >= 4 is 16.8 Å². The molecule has 2 heterocycles. The lowest BCUT2D eigenvalue weighted by Gasteiger charge is -2.29. The third-order valence-electron chi connectivity index (χ3n) is 5.45. The van der Waals surface area contributed by atoms with Gasteiger partial charge in [0.15, 0.2) is 0 Å². The van der Waals surface area contributed by atoms with Gasteiger partial charge in [-0.3, -0.25) is 4.79 Å². The van der Waals surface area contributed by atoms with Crippen LogP contribution in [0.2, 0.25) is 0 Å². The van der Waals surface area contributed by atoms with Crippen LogP contribution in [0.5, 0.6) is 0 Å². The number of fused-ring (bicyclic) bond motifs is 1. The van der Waals surface area contributed by atoms with Gasteiger partial charge in [-0.1, -0.05) is 26.0 Å². The Morgan fingerprint density at radius 3 is 2.58 bits per heavy atom. The van der Waals surface area contributed by atoms with E-state index in [4.69, 9.17) is 0 Å². The maximum absolute atomic E-state index is 12.6.